The van der Waals surface area contributed by atoms with Crippen LogP contribution in [0.25, 0.3) is 16.9 Å². The lowest BCUT2D eigenvalue weighted by atomic mass is 10.1. The number of carboxylic acids is 1. The second-order valence-electron chi connectivity index (χ2n) is 4.96. The smallest absolute Gasteiger partial charge is 0.358 e. The molecule has 1 aromatic carbocycles. The molecule has 2 aromatic heterocycles. The van der Waals surface area contributed by atoms with Crippen molar-refractivity contribution in [2.45, 2.75) is 13.8 Å². The summed E-state index contributed by atoms with van der Waals surface area (Å²) < 4.78 is 1.57. The van der Waals surface area contributed by atoms with Gasteiger partial charge in [0.1, 0.15) is 5.69 Å². The summed E-state index contributed by atoms with van der Waals surface area (Å²) in [6.07, 6.45) is 3.23. The average molecular weight is 294 g/mol. The van der Waals surface area contributed by atoms with E-state index >= 15 is 0 Å². The molecule has 0 fully saturated rings. The van der Waals surface area contributed by atoms with E-state index in [4.69, 9.17) is 0 Å². The van der Waals surface area contributed by atoms with Gasteiger partial charge in [-0.15, -0.1) is 5.10 Å². The molecule has 110 valence electrons. The van der Waals surface area contributed by atoms with E-state index in [1.165, 1.54) is 0 Å². The van der Waals surface area contributed by atoms with Crippen LogP contribution in [0.1, 0.15) is 21.6 Å². The molecule has 6 heteroatoms. The van der Waals surface area contributed by atoms with Gasteiger partial charge in [0.05, 0.1) is 5.69 Å². The number of hydrogen-bond acceptors (Lipinski definition) is 4. The van der Waals surface area contributed by atoms with Crippen molar-refractivity contribution in [3.63, 3.8) is 0 Å². The van der Waals surface area contributed by atoms with E-state index < -0.39 is 5.97 Å². The van der Waals surface area contributed by atoms with Gasteiger partial charge in [-0.25, -0.2) is 9.48 Å². The van der Waals surface area contributed by atoms with Crippen LogP contribution in [0, 0.1) is 13.8 Å². The van der Waals surface area contributed by atoms with E-state index in [1.54, 1.807) is 29.2 Å². The summed E-state index contributed by atoms with van der Waals surface area (Å²) in [7, 11) is 0. The van der Waals surface area contributed by atoms with Crippen molar-refractivity contribution in [1.82, 2.24) is 20.0 Å². The molecule has 6 nitrogen and oxygen atoms in total. The molecule has 0 atom stereocenters. The third-order valence-electron chi connectivity index (χ3n) is 3.63. The zero-order valence-electron chi connectivity index (χ0n) is 12.2. The first kappa shape index (κ1) is 13.9. The highest BCUT2D eigenvalue weighted by atomic mass is 16.4. The van der Waals surface area contributed by atoms with Gasteiger partial charge in [-0.3, -0.25) is 4.98 Å². The lowest BCUT2D eigenvalue weighted by Crippen LogP contribution is -2.05. The number of rotatable bonds is 3. The minimum Gasteiger partial charge on any atom is -0.476 e. The molecule has 0 unspecified atom stereocenters. The maximum absolute atomic E-state index is 11.5. The molecule has 2 heterocycles. The number of pyridine rings is 1. The Hall–Kier alpha value is -3.02. The molecular formula is C16H14N4O2. The summed E-state index contributed by atoms with van der Waals surface area (Å²) in [5.74, 6) is -1.11. The minimum atomic E-state index is -1.11. The third kappa shape index (κ3) is 2.24. The number of aryl methyl sites for hydroxylation is 1. The number of benzene rings is 1. The molecule has 0 amide bonds. The Bertz CT molecular complexity index is 841. The topological polar surface area (TPSA) is 80.9 Å². The van der Waals surface area contributed by atoms with Crippen LogP contribution in [0.15, 0.2) is 42.7 Å². The van der Waals surface area contributed by atoms with Crippen LogP contribution in [-0.4, -0.2) is 31.1 Å². The van der Waals surface area contributed by atoms with Gasteiger partial charge in [-0.1, -0.05) is 17.3 Å². The van der Waals surface area contributed by atoms with E-state index in [0.717, 1.165) is 16.8 Å². The van der Waals surface area contributed by atoms with Crippen molar-refractivity contribution >= 4 is 5.97 Å². The zero-order chi connectivity index (χ0) is 15.7. The van der Waals surface area contributed by atoms with Crippen molar-refractivity contribution in [3.8, 4) is 16.9 Å². The van der Waals surface area contributed by atoms with Gasteiger partial charge in [-0.05, 0) is 43.2 Å². The molecule has 0 aliphatic rings. The van der Waals surface area contributed by atoms with Crippen LogP contribution in [0.2, 0.25) is 0 Å². The number of hydrogen-bond donors (Lipinski definition) is 1. The molecule has 0 bridgehead atoms. The molecule has 22 heavy (non-hydrogen) atoms. The van der Waals surface area contributed by atoms with Crippen molar-refractivity contribution in [1.29, 1.82) is 0 Å². The Morgan fingerprint density at radius 3 is 2.55 bits per heavy atom. The molecule has 1 N–H and O–H groups in total. The van der Waals surface area contributed by atoms with Gasteiger partial charge < -0.3 is 5.11 Å². The standard InChI is InChI=1S/C16H14N4O2/c1-10-4-3-5-13(11(10)2)20-15(12-6-8-17-9-7-12)14(16(21)22)18-19-20/h3-9H,1-2H3,(H,21,22). The molecule has 0 aliphatic carbocycles. The van der Waals surface area contributed by atoms with Gasteiger partial charge in [0.15, 0.2) is 5.69 Å². The van der Waals surface area contributed by atoms with Crippen molar-refractivity contribution in [3.05, 3.63) is 59.5 Å². The fourth-order valence-corrected chi connectivity index (χ4v) is 2.33. The highest BCUT2D eigenvalue weighted by Crippen LogP contribution is 2.27. The zero-order valence-corrected chi connectivity index (χ0v) is 12.2. The first-order valence-corrected chi connectivity index (χ1v) is 6.75. The van der Waals surface area contributed by atoms with Crippen LogP contribution in [0.3, 0.4) is 0 Å². The van der Waals surface area contributed by atoms with Crippen LogP contribution in [0.5, 0.6) is 0 Å². The maximum Gasteiger partial charge on any atom is 0.358 e. The fourth-order valence-electron chi connectivity index (χ4n) is 2.33. The lowest BCUT2D eigenvalue weighted by molar-refractivity contribution is 0.0691. The third-order valence-corrected chi connectivity index (χ3v) is 3.63. The number of aromatic nitrogens is 4. The van der Waals surface area contributed by atoms with Crippen molar-refractivity contribution in [2.75, 3.05) is 0 Å². The molecule has 0 saturated heterocycles. The van der Waals surface area contributed by atoms with E-state index in [9.17, 15) is 9.90 Å². The summed E-state index contributed by atoms with van der Waals surface area (Å²) in [6, 6.07) is 9.29. The summed E-state index contributed by atoms with van der Waals surface area (Å²) in [5.41, 5.74) is 4.02. The molecule has 0 radical (unpaired) electrons. The second kappa shape index (κ2) is 5.40. The fraction of sp³-hybridized carbons (Fsp3) is 0.125. The molecule has 0 saturated carbocycles. The van der Waals surface area contributed by atoms with Gasteiger partial charge >= 0.3 is 5.97 Å². The average Bonchev–Trinajstić information content (AvgIpc) is 2.96. The summed E-state index contributed by atoms with van der Waals surface area (Å²) >= 11 is 0. The number of nitrogens with zero attached hydrogens (tertiary/aromatic N) is 4. The Labute approximate surface area is 127 Å². The first-order valence-electron chi connectivity index (χ1n) is 6.75. The maximum atomic E-state index is 11.5. The number of carbonyl (C=O) groups is 1. The van der Waals surface area contributed by atoms with Crippen LogP contribution >= 0.6 is 0 Å². The van der Waals surface area contributed by atoms with Gasteiger partial charge in [0, 0.05) is 18.0 Å². The summed E-state index contributed by atoms with van der Waals surface area (Å²) in [6.45, 7) is 3.98. The largest absolute Gasteiger partial charge is 0.476 e. The molecule has 3 rings (SSSR count). The molecular weight excluding hydrogens is 280 g/mol. The monoisotopic (exact) mass is 294 g/mol. The summed E-state index contributed by atoms with van der Waals surface area (Å²) in [4.78, 5) is 15.4. The molecule has 3 aromatic rings. The van der Waals surface area contributed by atoms with Gasteiger partial charge in [-0.2, -0.15) is 0 Å². The predicted octanol–water partition coefficient (Wildman–Crippen LogP) is 2.64. The second-order valence-corrected chi connectivity index (χ2v) is 4.96. The first-order chi connectivity index (χ1) is 10.6. The van der Waals surface area contributed by atoms with Gasteiger partial charge in [0.2, 0.25) is 0 Å². The Balaban J connectivity index is 2.30. The lowest BCUT2D eigenvalue weighted by Gasteiger charge is -2.11. The summed E-state index contributed by atoms with van der Waals surface area (Å²) in [5, 5.41) is 17.3. The highest BCUT2D eigenvalue weighted by Gasteiger charge is 2.22. The predicted molar refractivity (Wildman–Crippen MR) is 81.0 cm³/mol. The highest BCUT2D eigenvalue weighted by molar-refractivity contribution is 5.93. The van der Waals surface area contributed by atoms with E-state index in [-0.39, 0.29) is 5.69 Å². The Morgan fingerprint density at radius 1 is 1.14 bits per heavy atom. The van der Waals surface area contributed by atoms with Gasteiger partial charge in [0.25, 0.3) is 0 Å². The van der Waals surface area contributed by atoms with Crippen molar-refractivity contribution < 1.29 is 9.90 Å². The SMILES string of the molecule is Cc1cccc(-n2nnc(C(=O)O)c2-c2ccncc2)c1C. The molecule has 0 aliphatic heterocycles. The van der Waals surface area contributed by atoms with Crippen LogP contribution in [-0.2, 0) is 0 Å². The number of aromatic carboxylic acids is 1. The van der Waals surface area contributed by atoms with E-state index in [1.807, 2.05) is 32.0 Å². The minimum absolute atomic E-state index is 0.0768. The Kier molecular flexibility index (Phi) is 3.42. The van der Waals surface area contributed by atoms with Crippen LogP contribution < -0.4 is 0 Å². The van der Waals surface area contributed by atoms with E-state index in [2.05, 4.69) is 15.3 Å². The van der Waals surface area contributed by atoms with Crippen LogP contribution in [0.4, 0.5) is 0 Å². The Morgan fingerprint density at radius 2 is 1.86 bits per heavy atom. The molecule has 0 spiro atoms. The normalized spacial score (nSPS) is 10.6. The van der Waals surface area contributed by atoms with E-state index in [0.29, 0.717) is 11.3 Å². The number of carboxylic acid groups (broad SMARTS) is 1. The quantitative estimate of drug-likeness (QED) is 0.803. The van der Waals surface area contributed by atoms with Crippen molar-refractivity contribution in [2.24, 2.45) is 0 Å².